The monoisotopic (exact) mass is 332 g/mol. The summed E-state index contributed by atoms with van der Waals surface area (Å²) in [6.45, 7) is 7.78. The van der Waals surface area contributed by atoms with Gasteiger partial charge in [-0.25, -0.2) is 9.59 Å². The lowest BCUT2D eigenvalue weighted by molar-refractivity contribution is -0.161. The average molecular weight is 332 g/mol. The number of carbonyl (C=O) groups is 4. The second kappa shape index (κ2) is 8.35. The van der Waals surface area contributed by atoms with Crippen molar-refractivity contribution in [2.75, 3.05) is 13.2 Å². The Morgan fingerprint density at radius 3 is 1.91 bits per heavy atom. The van der Waals surface area contributed by atoms with Crippen molar-refractivity contribution >= 4 is 23.9 Å². The summed E-state index contributed by atoms with van der Waals surface area (Å²) in [6, 6.07) is 0. The van der Waals surface area contributed by atoms with Crippen molar-refractivity contribution in [2.45, 2.75) is 52.2 Å². The summed E-state index contributed by atoms with van der Waals surface area (Å²) in [4.78, 5) is 47.6. The van der Waals surface area contributed by atoms with Crippen LogP contribution in [-0.4, -0.2) is 48.3 Å². The molecule has 9 nitrogen and oxygen atoms in total. The fraction of sp³-hybridized carbons (Fsp3) is 0.714. The molecule has 0 saturated heterocycles. The van der Waals surface area contributed by atoms with Gasteiger partial charge in [0.1, 0.15) is 5.60 Å². The summed E-state index contributed by atoms with van der Waals surface area (Å²) in [6.07, 6.45) is -1.89. The van der Waals surface area contributed by atoms with Crippen LogP contribution < -0.4 is 11.1 Å². The Hall–Kier alpha value is -2.32. The molecule has 0 aromatic carbocycles. The van der Waals surface area contributed by atoms with Crippen molar-refractivity contribution in [2.24, 2.45) is 5.73 Å². The first kappa shape index (κ1) is 20.7. The Bertz CT molecular complexity index is 470. The third-order valence-electron chi connectivity index (χ3n) is 2.47. The molecule has 0 spiro atoms. The molecular formula is C14H24N2O7. The number of alkyl carbamates (subject to hydrolysis) is 1. The highest BCUT2D eigenvalue weighted by Gasteiger charge is 2.50. The first-order valence-corrected chi connectivity index (χ1v) is 7.12. The molecule has 3 N–H and O–H groups in total. The topological polar surface area (TPSA) is 134 Å². The van der Waals surface area contributed by atoms with E-state index in [4.69, 9.17) is 19.9 Å². The van der Waals surface area contributed by atoms with E-state index in [1.165, 1.54) is 6.92 Å². The van der Waals surface area contributed by atoms with Crippen LogP contribution in [0.4, 0.5) is 4.79 Å². The summed E-state index contributed by atoms with van der Waals surface area (Å²) in [7, 11) is 0. The number of esters is 2. The van der Waals surface area contributed by atoms with Gasteiger partial charge in [-0.05, 0) is 34.6 Å². The smallest absolute Gasteiger partial charge is 0.408 e. The molecule has 0 saturated carbocycles. The molecule has 0 aromatic heterocycles. The van der Waals surface area contributed by atoms with E-state index < -0.39 is 41.5 Å². The second-order valence-corrected chi connectivity index (χ2v) is 5.60. The number of hydrogen-bond acceptors (Lipinski definition) is 7. The van der Waals surface area contributed by atoms with E-state index in [1.54, 1.807) is 27.7 Å². The van der Waals surface area contributed by atoms with Gasteiger partial charge in [0, 0.05) is 0 Å². The van der Waals surface area contributed by atoms with E-state index >= 15 is 0 Å². The van der Waals surface area contributed by atoms with Gasteiger partial charge in [0.25, 0.3) is 5.91 Å². The van der Waals surface area contributed by atoms with Crippen LogP contribution in [0.5, 0.6) is 0 Å². The molecule has 0 rings (SSSR count). The highest BCUT2D eigenvalue weighted by Crippen LogP contribution is 2.17. The van der Waals surface area contributed by atoms with Crippen LogP contribution in [0.2, 0.25) is 0 Å². The maximum Gasteiger partial charge on any atom is 0.408 e. The van der Waals surface area contributed by atoms with Crippen molar-refractivity contribution in [3.63, 3.8) is 0 Å². The zero-order chi connectivity index (χ0) is 18.3. The third-order valence-corrected chi connectivity index (χ3v) is 2.47. The number of rotatable bonds is 7. The van der Waals surface area contributed by atoms with Gasteiger partial charge in [-0.1, -0.05) is 0 Å². The molecule has 0 aliphatic carbocycles. The van der Waals surface area contributed by atoms with Crippen LogP contribution in [0.25, 0.3) is 0 Å². The minimum atomic E-state index is -2.40. The van der Waals surface area contributed by atoms with Crippen LogP contribution in [0.3, 0.4) is 0 Å². The molecule has 0 unspecified atom stereocenters. The van der Waals surface area contributed by atoms with Gasteiger partial charge in [0.05, 0.1) is 19.6 Å². The number of carbonyl (C=O) groups excluding carboxylic acids is 4. The first-order chi connectivity index (χ1) is 10.5. The molecule has 23 heavy (non-hydrogen) atoms. The predicted molar refractivity (Wildman–Crippen MR) is 79.2 cm³/mol. The Balaban J connectivity index is 5.55. The van der Waals surface area contributed by atoms with Crippen molar-refractivity contribution in [3.8, 4) is 0 Å². The molecular weight excluding hydrogens is 308 g/mol. The minimum Gasteiger partial charge on any atom is -0.466 e. The standard InChI is InChI=1S/C14H24N2O7/c1-6-21-9(17)8-14(10(15)18,11(19)22-7-2)16-12(20)23-13(3,4)5/h6-8H2,1-5H3,(H2,15,18)(H,16,20)/t14-/m1/s1. The molecule has 0 aliphatic rings. The normalized spacial score (nSPS) is 13.4. The maximum atomic E-state index is 12.1. The molecule has 0 bridgehead atoms. The molecule has 0 aliphatic heterocycles. The summed E-state index contributed by atoms with van der Waals surface area (Å²) >= 11 is 0. The Morgan fingerprint density at radius 1 is 1.00 bits per heavy atom. The van der Waals surface area contributed by atoms with Crippen LogP contribution >= 0.6 is 0 Å². The number of nitrogens with one attached hydrogen (secondary N) is 1. The van der Waals surface area contributed by atoms with E-state index in [-0.39, 0.29) is 13.2 Å². The largest absolute Gasteiger partial charge is 0.466 e. The number of hydrogen-bond donors (Lipinski definition) is 2. The van der Waals surface area contributed by atoms with Gasteiger partial charge in [-0.2, -0.15) is 0 Å². The Morgan fingerprint density at radius 2 is 1.52 bits per heavy atom. The van der Waals surface area contributed by atoms with Gasteiger partial charge in [-0.3, -0.25) is 14.9 Å². The van der Waals surface area contributed by atoms with Crippen LogP contribution in [-0.2, 0) is 28.6 Å². The first-order valence-electron chi connectivity index (χ1n) is 7.12. The number of primary amides is 1. The third kappa shape index (κ3) is 6.54. The molecule has 0 heterocycles. The van der Waals surface area contributed by atoms with E-state index in [1.807, 2.05) is 5.32 Å². The zero-order valence-corrected chi connectivity index (χ0v) is 14.1. The predicted octanol–water partition coefficient (Wildman–Crippen LogP) is 0.252. The number of amides is 2. The van der Waals surface area contributed by atoms with E-state index in [0.717, 1.165) is 0 Å². The molecule has 9 heteroatoms. The molecule has 2 amide bonds. The Kier molecular flexibility index (Phi) is 7.51. The van der Waals surface area contributed by atoms with E-state index in [9.17, 15) is 19.2 Å². The summed E-state index contributed by atoms with van der Waals surface area (Å²) in [5.41, 5.74) is 1.96. The zero-order valence-electron chi connectivity index (χ0n) is 14.1. The van der Waals surface area contributed by atoms with E-state index in [2.05, 4.69) is 0 Å². The molecule has 132 valence electrons. The molecule has 0 fully saturated rings. The van der Waals surface area contributed by atoms with Crippen LogP contribution in [0.1, 0.15) is 41.0 Å². The molecule has 0 radical (unpaired) electrons. The van der Waals surface area contributed by atoms with Gasteiger partial charge >= 0.3 is 18.0 Å². The van der Waals surface area contributed by atoms with Crippen LogP contribution in [0.15, 0.2) is 0 Å². The fourth-order valence-electron chi connectivity index (χ4n) is 1.58. The lowest BCUT2D eigenvalue weighted by atomic mass is 9.94. The quantitative estimate of drug-likeness (QED) is 0.388. The summed E-state index contributed by atoms with van der Waals surface area (Å²) in [5.74, 6) is -3.31. The average Bonchev–Trinajstić information content (AvgIpc) is 2.35. The fourth-order valence-corrected chi connectivity index (χ4v) is 1.58. The van der Waals surface area contributed by atoms with Gasteiger partial charge in [-0.15, -0.1) is 0 Å². The minimum absolute atomic E-state index is 0.0307. The number of ether oxygens (including phenoxy) is 3. The summed E-state index contributed by atoms with van der Waals surface area (Å²) in [5, 5.41) is 2.05. The van der Waals surface area contributed by atoms with Gasteiger partial charge < -0.3 is 19.9 Å². The molecule has 0 aromatic rings. The Labute approximate surface area is 134 Å². The molecule has 1 atom stereocenters. The van der Waals surface area contributed by atoms with Gasteiger partial charge in [0.15, 0.2) is 0 Å². The van der Waals surface area contributed by atoms with Crippen molar-refractivity contribution in [1.82, 2.24) is 5.32 Å². The maximum absolute atomic E-state index is 12.1. The van der Waals surface area contributed by atoms with Crippen molar-refractivity contribution in [3.05, 3.63) is 0 Å². The van der Waals surface area contributed by atoms with E-state index in [0.29, 0.717) is 0 Å². The van der Waals surface area contributed by atoms with Gasteiger partial charge in [0.2, 0.25) is 5.54 Å². The second-order valence-electron chi connectivity index (χ2n) is 5.60. The SMILES string of the molecule is CCOC(=O)C[C@@](NC(=O)OC(C)(C)C)(C(N)=O)C(=O)OCC. The van der Waals surface area contributed by atoms with Crippen LogP contribution in [0, 0.1) is 0 Å². The van der Waals surface area contributed by atoms with Crippen molar-refractivity contribution < 1.29 is 33.4 Å². The lowest BCUT2D eigenvalue weighted by Gasteiger charge is -2.29. The summed E-state index contributed by atoms with van der Waals surface area (Å²) < 4.78 is 14.5. The highest BCUT2D eigenvalue weighted by atomic mass is 16.6. The number of nitrogens with two attached hydrogens (primary N) is 1. The van der Waals surface area contributed by atoms with Crippen molar-refractivity contribution in [1.29, 1.82) is 0 Å². The lowest BCUT2D eigenvalue weighted by Crippen LogP contribution is -2.64. The highest BCUT2D eigenvalue weighted by molar-refractivity contribution is 6.11.